The van der Waals surface area contributed by atoms with Gasteiger partial charge in [-0.15, -0.1) is 5.10 Å². The minimum atomic E-state index is -0.308. The molecule has 0 aliphatic heterocycles. The van der Waals surface area contributed by atoms with Crippen molar-refractivity contribution < 1.29 is 14.3 Å². The lowest BCUT2D eigenvalue weighted by atomic mass is 9.86. The Balaban J connectivity index is 1.60. The molecule has 2 aromatic carbocycles. The van der Waals surface area contributed by atoms with E-state index in [-0.39, 0.29) is 23.9 Å². The minimum absolute atomic E-state index is 0.00881. The molecule has 0 bridgehead atoms. The summed E-state index contributed by atoms with van der Waals surface area (Å²) < 4.78 is 7.42. The van der Waals surface area contributed by atoms with Crippen molar-refractivity contribution >= 4 is 11.6 Å². The first-order chi connectivity index (χ1) is 15.5. The normalized spacial score (nSPS) is 12.9. The number of nitrogens with zero attached hydrogens (tertiary/aromatic N) is 4. The van der Waals surface area contributed by atoms with Crippen LogP contribution in [0.1, 0.15) is 52.2 Å². The summed E-state index contributed by atoms with van der Waals surface area (Å²) >= 11 is 0. The number of hydrogen-bond donors (Lipinski definition) is 0. The van der Waals surface area contributed by atoms with Crippen molar-refractivity contribution in [3.63, 3.8) is 0 Å². The fourth-order valence-electron chi connectivity index (χ4n) is 3.37. The second-order valence-electron chi connectivity index (χ2n) is 7.60. The van der Waals surface area contributed by atoms with Gasteiger partial charge in [0.1, 0.15) is 12.3 Å². The van der Waals surface area contributed by atoms with Crippen molar-refractivity contribution in [2.24, 2.45) is 0 Å². The maximum Gasteiger partial charge on any atom is 0.228 e. The second kappa shape index (κ2) is 8.82. The maximum absolute atomic E-state index is 13.1. The molecule has 4 rings (SSSR count). The van der Waals surface area contributed by atoms with Gasteiger partial charge in [0.05, 0.1) is 29.1 Å². The number of benzene rings is 2. The van der Waals surface area contributed by atoms with E-state index in [0.29, 0.717) is 34.4 Å². The van der Waals surface area contributed by atoms with Crippen LogP contribution >= 0.6 is 0 Å². The predicted molar refractivity (Wildman–Crippen MR) is 117 cm³/mol. The van der Waals surface area contributed by atoms with Crippen molar-refractivity contribution in [3.05, 3.63) is 100 Å². The van der Waals surface area contributed by atoms with Crippen LogP contribution in [0.2, 0.25) is 0 Å². The Morgan fingerprint density at radius 1 is 1.06 bits per heavy atom. The predicted octanol–water partition coefficient (Wildman–Crippen LogP) is 4.35. The summed E-state index contributed by atoms with van der Waals surface area (Å²) in [5, 5.41) is 17.1. The monoisotopic (exact) mass is 424 g/mol. The highest BCUT2D eigenvalue weighted by molar-refractivity contribution is 6.26. The SMILES string of the molecule is CC(C)=CCC1=C(OCc2cn(-c3ccc(C#N)cc3)nn2)C(=O)c2ccccc2C1=O. The van der Waals surface area contributed by atoms with Gasteiger partial charge in [0.2, 0.25) is 5.78 Å². The van der Waals surface area contributed by atoms with Crippen LogP contribution in [0.3, 0.4) is 0 Å². The van der Waals surface area contributed by atoms with Crippen LogP contribution in [0.15, 0.2) is 77.7 Å². The number of nitriles is 1. The summed E-state index contributed by atoms with van der Waals surface area (Å²) in [6.45, 7) is 3.86. The summed E-state index contributed by atoms with van der Waals surface area (Å²) in [5.41, 5.74) is 3.92. The highest BCUT2D eigenvalue weighted by Gasteiger charge is 2.32. The molecule has 0 amide bonds. The second-order valence-corrected chi connectivity index (χ2v) is 7.60. The van der Waals surface area contributed by atoms with Gasteiger partial charge >= 0.3 is 0 Å². The minimum Gasteiger partial charge on any atom is -0.483 e. The van der Waals surface area contributed by atoms with Gasteiger partial charge < -0.3 is 4.74 Å². The maximum atomic E-state index is 13.1. The van der Waals surface area contributed by atoms with Crippen LogP contribution in [0.5, 0.6) is 0 Å². The quantitative estimate of drug-likeness (QED) is 0.546. The van der Waals surface area contributed by atoms with Crippen LogP contribution in [0, 0.1) is 11.3 Å². The van der Waals surface area contributed by atoms with Crippen molar-refractivity contribution in [3.8, 4) is 11.8 Å². The number of fused-ring (bicyclic) bond motifs is 1. The highest BCUT2D eigenvalue weighted by atomic mass is 16.5. The molecule has 1 aliphatic carbocycles. The van der Waals surface area contributed by atoms with Crippen LogP contribution in [0.4, 0.5) is 0 Å². The topological polar surface area (TPSA) is 97.9 Å². The van der Waals surface area contributed by atoms with Gasteiger partial charge in [-0.2, -0.15) is 5.26 Å². The number of allylic oxidation sites excluding steroid dienone is 4. The summed E-state index contributed by atoms with van der Waals surface area (Å²) in [4.78, 5) is 26.2. The number of rotatable bonds is 6. The van der Waals surface area contributed by atoms with Gasteiger partial charge in [0.25, 0.3) is 0 Å². The van der Waals surface area contributed by atoms with Gasteiger partial charge in [0.15, 0.2) is 11.5 Å². The first-order valence-electron chi connectivity index (χ1n) is 10.1. The summed E-state index contributed by atoms with van der Waals surface area (Å²) in [5.74, 6) is -0.454. The zero-order valence-corrected chi connectivity index (χ0v) is 17.7. The van der Waals surface area contributed by atoms with E-state index in [9.17, 15) is 9.59 Å². The molecule has 32 heavy (non-hydrogen) atoms. The van der Waals surface area contributed by atoms with Gasteiger partial charge in [-0.25, -0.2) is 4.68 Å². The van der Waals surface area contributed by atoms with E-state index >= 15 is 0 Å². The smallest absolute Gasteiger partial charge is 0.228 e. The molecule has 3 aromatic rings. The molecule has 0 saturated heterocycles. The number of carbonyl (C=O) groups is 2. The summed E-state index contributed by atoms with van der Waals surface area (Å²) in [6, 6.07) is 15.8. The number of aromatic nitrogens is 3. The molecule has 0 N–H and O–H groups in total. The standard InChI is InChI=1S/C25H20N4O3/c1-16(2)7-12-22-23(30)20-5-3-4-6-21(20)24(31)25(22)32-15-18-14-29(28-27-18)19-10-8-17(13-26)9-11-19/h3-11,14H,12,15H2,1-2H3. The Morgan fingerprint density at radius 3 is 2.41 bits per heavy atom. The molecular weight excluding hydrogens is 404 g/mol. The van der Waals surface area contributed by atoms with E-state index in [2.05, 4.69) is 16.4 Å². The number of carbonyl (C=O) groups excluding carboxylic acids is 2. The Bertz CT molecular complexity index is 1300. The van der Waals surface area contributed by atoms with Crippen molar-refractivity contribution in [2.45, 2.75) is 26.9 Å². The van der Waals surface area contributed by atoms with Crippen LogP contribution in [0.25, 0.3) is 5.69 Å². The molecule has 0 radical (unpaired) electrons. The summed E-state index contributed by atoms with van der Waals surface area (Å²) in [6.07, 6.45) is 3.90. The third kappa shape index (κ3) is 4.12. The van der Waals surface area contributed by atoms with E-state index in [0.717, 1.165) is 11.3 Å². The average molecular weight is 424 g/mol. The lowest BCUT2D eigenvalue weighted by molar-refractivity contribution is 0.0854. The van der Waals surface area contributed by atoms with Crippen molar-refractivity contribution in [1.82, 2.24) is 15.0 Å². The lowest BCUT2D eigenvalue weighted by Crippen LogP contribution is -2.23. The molecular formula is C25H20N4O3. The number of ether oxygens (including phenoxy) is 1. The van der Waals surface area contributed by atoms with Crippen LogP contribution in [-0.2, 0) is 11.3 Å². The van der Waals surface area contributed by atoms with E-state index in [1.807, 2.05) is 19.9 Å². The Kier molecular flexibility index (Phi) is 5.77. The molecule has 0 spiro atoms. The third-order valence-electron chi connectivity index (χ3n) is 5.05. The Morgan fingerprint density at radius 2 is 1.75 bits per heavy atom. The molecule has 158 valence electrons. The molecule has 1 heterocycles. The van der Waals surface area contributed by atoms with Gasteiger partial charge in [-0.1, -0.05) is 41.1 Å². The van der Waals surface area contributed by atoms with Crippen LogP contribution in [-0.4, -0.2) is 26.6 Å². The van der Waals surface area contributed by atoms with E-state index in [1.165, 1.54) is 0 Å². The Hall–Kier alpha value is -4.31. The molecule has 0 saturated carbocycles. The molecule has 1 aromatic heterocycles. The van der Waals surface area contributed by atoms with E-state index in [4.69, 9.17) is 10.00 Å². The molecule has 7 heteroatoms. The fourth-order valence-corrected chi connectivity index (χ4v) is 3.37. The molecule has 1 aliphatic rings. The zero-order valence-electron chi connectivity index (χ0n) is 17.7. The van der Waals surface area contributed by atoms with E-state index in [1.54, 1.807) is 59.4 Å². The third-order valence-corrected chi connectivity index (χ3v) is 5.05. The van der Waals surface area contributed by atoms with Gasteiger partial charge in [0, 0.05) is 11.1 Å². The van der Waals surface area contributed by atoms with Crippen molar-refractivity contribution in [1.29, 1.82) is 5.26 Å². The van der Waals surface area contributed by atoms with Crippen LogP contribution < -0.4 is 0 Å². The Labute approximate surface area is 185 Å². The molecule has 0 fully saturated rings. The number of Topliss-reactive ketones (excluding diaryl/α,β-unsaturated/α-hetero) is 2. The zero-order chi connectivity index (χ0) is 22.7. The van der Waals surface area contributed by atoms with Gasteiger partial charge in [-0.05, 0) is 44.5 Å². The lowest BCUT2D eigenvalue weighted by Gasteiger charge is -2.20. The first-order valence-corrected chi connectivity index (χ1v) is 10.1. The number of ketones is 2. The fraction of sp³-hybridized carbons (Fsp3) is 0.160. The summed E-state index contributed by atoms with van der Waals surface area (Å²) in [7, 11) is 0. The van der Waals surface area contributed by atoms with Crippen molar-refractivity contribution in [2.75, 3.05) is 0 Å². The average Bonchev–Trinajstić information content (AvgIpc) is 3.28. The highest BCUT2D eigenvalue weighted by Crippen LogP contribution is 2.30. The molecule has 7 nitrogen and oxygen atoms in total. The largest absolute Gasteiger partial charge is 0.483 e. The molecule has 0 atom stereocenters. The van der Waals surface area contributed by atoms with Gasteiger partial charge in [-0.3, -0.25) is 9.59 Å². The molecule has 0 unspecified atom stereocenters. The first kappa shape index (κ1) is 20.9. The van der Waals surface area contributed by atoms with E-state index < -0.39 is 0 Å². The number of hydrogen-bond acceptors (Lipinski definition) is 6.